The van der Waals surface area contributed by atoms with Gasteiger partial charge in [0.1, 0.15) is 5.78 Å². The van der Waals surface area contributed by atoms with Crippen molar-refractivity contribution in [3.05, 3.63) is 11.3 Å². The molecular weight excluding hydrogens is 334 g/mol. The third kappa shape index (κ3) is 2.75. The summed E-state index contributed by atoms with van der Waals surface area (Å²) in [5.74, 6) is 3.54. The zero-order chi connectivity index (χ0) is 19.6. The van der Waals surface area contributed by atoms with E-state index in [1.807, 2.05) is 6.92 Å². The van der Waals surface area contributed by atoms with Gasteiger partial charge in [0.05, 0.1) is 0 Å². The molecule has 1 heterocycles. The number of fused-ring (bicyclic) bond motifs is 5. The lowest BCUT2D eigenvalue weighted by Crippen LogP contribution is -2.57. The lowest BCUT2D eigenvalue weighted by molar-refractivity contribution is -0.131. The second kappa shape index (κ2) is 6.46. The van der Waals surface area contributed by atoms with Crippen LogP contribution in [-0.2, 0) is 9.59 Å². The van der Waals surface area contributed by atoms with E-state index in [2.05, 4.69) is 33.0 Å². The number of piperidine rings is 1. The molecule has 3 aliphatic carbocycles. The van der Waals surface area contributed by atoms with Crippen LogP contribution < -0.4 is 5.32 Å². The van der Waals surface area contributed by atoms with Crippen LogP contribution in [0.25, 0.3) is 0 Å². The van der Waals surface area contributed by atoms with E-state index >= 15 is 0 Å². The molecule has 0 aromatic rings. The summed E-state index contributed by atoms with van der Waals surface area (Å²) in [4.78, 5) is 25.2. The molecule has 1 saturated heterocycles. The van der Waals surface area contributed by atoms with Crippen molar-refractivity contribution < 1.29 is 9.59 Å². The molecule has 0 amide bonds. The van der Waals surface area contributed by atoms with Crippen molar-refractivity contribution in [2.75, 3.05) is 6.54 Å². The Balaban J connectivity index is 1.62. The maximum absolute atomic E-state index is 13.0. The van der Waals surface area contributed by atoms with Gasteiger partial charge in [-0.1, -0.05) is 27.7 Å². The van der Waals surface area contributed by atoms with Crippen LogP contribution in [-0.4, -0.2) is 18.1 Å². The van der Waals surface area contributed by atoms with Gasteiger partial charge in [0.2, 0.25) is 0 Å². The van der Waals surface area contributed by atoms with Crippen LogP contribution in [0.15, 0.2) is 11.3 Å². The molecule has 0 bridgehead atoms. The van der Waals surface area contributed by atoms with Crippen LogP contribution in [0, 0.1) is 40.4 Å². The summed E-state index contributed by atoms with van der Waals surface area (Å²) in [5, 5.41) is 3.72. The smallest absolute Gasteiger partial charge is 0.160 e. The maximum atomic E-state index is 13.0. The summed E-state index contributed by atoms with van der Waals surface area (Å²) in [6, 6.07) is 0. The highest BCUT2D eigenvalue weighted by molar-refractivity contribution is 5.96. The van der Waals surface area contributed by atoms with Gasteiger partial charge in [0.25, 0.3) is 0 Å². The Hall–Kier alpha value is -1.12. The van der Waals surface area contributed by atoms with Crippen LogP contribution in [0.1, 0.15) is 79.6 Å². The fourth-order valence-electron chi connectivity index (χ4n) is 7.62. The number of carbonyl (C=O) groups excluding carboxylic acids is 2. The quantitative estimate of drug-likeness (QED) is 0.767. The Labute approximate surface area is 164 Å². The van der Waals surface area contributed by atoms with Gasteiger partial charge in [-0.2, -0.15) is 0 Å². The van der Waals surface area contributed by atoms with Crippen LogP contribution in [0.4, 0.5) is 0 Å². The third-order valence-corrected chi connectivity index (χ3v) is 9.00. The topological polar surface area (TPSA) is 46.2 Å². The number of Topliss-reactive ketones (excluding diaryl/α,β-unsaturated/α-hetero) is 2. The predicted octanol–water partition coefficient (Wildman–Crippen LogP) is 4.91. The summed E-state index contributed by atoms with van der Waals surface area (Å²) in [5.41, 5.74) is 2.54. The van der Waals surface area contributed by atoms with E-state index in [-0.39, 0.29) is 16.7 Å². The summed E-state index contributed by atoms with van der Waals surface area (Å²) in [6.45, 7) is 12.2. The molecule has 4 rings (SSSR count). The molecule has 4 aliphatic rings. The van der Waals surface area contributed by atoms with Crippen molar-refractivity contribution in [2.24, 2.45) is 40.4 Å². The van der Waals surface area contributed by atoms with Crippen molar-refractivity contribution in [2.45, 2.75) is 79.6 Å². The molecule has 1 N–H and O–H groups in total. The van der Waals surface area contributed by atoms with Crippen LogP contribution in [0.2, 0.25) is 0 Å². The molecular formula is C24H37NO2. The van der Waals surface area contributed by atoms with Crippen molar-refractivity contribution in [3.8, 4) is 0 Å². The number of hydrogen-bond acceptors (Lipinski definition) is 3. The molecule has 3 fully saturated rings. The molecule has 0 radical (unpaired) electrons. The summed E-state index contributed by atoms with van der Waals surface area (Å²) < 4.78 is 0. The minimum Gasteiger partial charge on any atom is -0.387 e. The maximum Gasteiger partial charge on any atom is 0.160 e. The monoisotopic (exact) mass is 371 g/mol. The molecule has 27 heavy (non-hydrogen) atoms. The first kappa shape index (κ1) is 19.2. The molecule has 3 heteroatoms. The molecule has 3 nitrogen and oxygen atoms in total. The van der Waals surface area contributed by atoms with Gasteiger partial charge in [0.15, 0.2) is 5.78 Å². The largest absolute Gasteiger partial charge is 0.387 e. The van der Waals surface area contributed by atoms with Crippen molar-refractivity contribution in [1.29, 1.82) is 0 Å². The van der Waals surface area contributed by atoms with Gasteiger partial charge in [-0.05, 0) is 68.1 Å². The van der Waals surface area contributed by atoms with Crippen LogP contribution >= 0.6 is 0 Å². The third-order valence-electron chi connectivity index (χ3n) is 9.00. The van der Waals surface area contributed by atoms with Crippen molar-refractivity contribution >= 4 is 11.6 Å². The molecule has 0 aromatic carbocycles. The van der Waals surface area contributed by atoms with Gasteiger partial charge < -0.3 is 5.32 Å². The second-order valence-corrected chi connectivity index (χ2v) is 10.8. The molecule has 1 aliphatic heterocycles. The molecule has 0 spiro atoms. The van der Waals surface area contributed by atoms with Gasteiger partial charge in [-0.25, -0.2) is 0 Å². The van der Waals surface area contributed by atoms with Crippen LogP contribution in [0.3, 0.4) is 0 Å². The summed E-state index contributed by atoms with van der Waals surface area (Å²) in [6.07, 6.45) is 7.13. The van der Waals surface area contributed by atoms with Gasteiger partial charge in [-0.15, -0.1) is 0 Å². The second-order valence-electron chi connectivity index (χ2n) is 10.8. The fraction of sp³-hybridized carbons (Fsp3) is 0.833. The Kier molecular flexibility index (Phi) is 4.59. The summed E-state index contributed by atoms with van der Waals surface area (Å²) in [7, 11) is 0. The van der Waals surface area contributed by atoms with E-state index in [0.29, 0.717) is 41.7 Å². The van der Waals surface area contributed by atoms with E-state index in [1.165, 1.54) is 25.0 Å². The number of ketones is 2. The first-order valence-electron chi connectivity index (χ1n) is 11.2. The highest BCUT2D eigenvalue weighted by atomic mass is 16.1. The Morgan fingerprint density at radius 2 is 1.89 bits per heavy atom. The standard InChI is InChI=1S/C24H37NO2/c1-14(2)12-21(27)19-7-6-17-16-13-25-22-15(3)20(26)9-11-24(22,5)18(16)8-10-23(17,19)4/h14,16-19,25H,6-13H2,1-5H3/t16-,17-,18-,19+,23-,24+/m0/s1. The van der Waals surface area contributed by atoms with E-state index in [4.69, 9.17) is 0 Å². The number of nitrogens with one attached hydrogen (secondary N) is 1. The Bertz CT molecular complexity index is 692. The lowest BCUT2D eigenvalue weighted by atomic mass is 9.49. The average Bonchev–Trinajstić information content (AvgIpc) is 2.95. The van der Waals surface area contributed by atoms with Crippen molar-refractivity contribution in [1.82, 2.24) is 5.32 Å². The number of hydrogen-bond donors (Lipinski definition) is 1. The first-order chi connectivity index (χ1) is 12.7. The van der Waals surface area contributed by atoms with Gasteiger partial charge in [0, 0.05) is 42.0 Å². The first-order valence-corrected chi connectivity index (χ1v) is 11.2. The number of rotatable bonds is 3. The highest BCUT2D eigenvalue weighted by Crippen LogP contribution is 2.64. The normalized spacial score (nSPS) is 43.9. The van der Waals surface area contributed by atoms with E-state index in [0.717, 1.165) is 31.4 Å². The summed E-state index contributed by atoms with van der Waals surface area (Å²) >= 11 is 0. The Morgan fingerprint density at radius 3 is 2.59 bits per heavy atom. The molecule has 0 aromatic heterocycles. The zero-order valence-corrected chi connectivity index (χ0v) is 17.9. The van der Waals surface area contributed by atoms with Crippen LogP contribution in [0.5, 0.6) is 0 Å². The van der Waals surface area contributed by atoms with E-state index < -0.39 is 0 Å². The fourth-order valence-corrected chi connectivity index (χ4v) is 7.62. The van der Waals surface area contributed by atoms with E-state index in [9.17, 15) is 9.59 Å². The number of carbonyl (C=O) groups is 2. The minimum atomic E-state index is 0.127. The average molecular weight is 372 g/mol. The zero-order valence-electron chi connectivity index (χ0n) is 17.9. The van der Waals surface area contributed by atoms with Gasteiger partial charge >= 0.3 is 0 Å². The highest BCUT2D eigenvalue weighted by Gasteiger charge is 2.60. The Morgan fingerprint density at radius 1 is 1.15 bits per heavy atom. The lowest BCUT2D eigenvalue weighted by Gasteiger charge is -2.58. The minimum absolute atomic E-state index is 0.127. The molecule has 0 unspecified atom stereocenters. The predicted molar refractivity (Wildman–Crippen MR) is 108 cm³/mol. The SMILES string of the molecule is CC1=C2NC[C@H]3[C@@H]4CC[C@H](C(=O)CC(C)C)[C@@]4(C)CC[C@@H]3[C@@]2(C)CCC1=O. The molecule has 150 valence electrons. The molecule has 2 saturated carbocycles. The van der Waals surface area contributed by atoms with Gasteiger partial charge in [-0.3, -0.25) is 9.59 Å². The molecule has 6 atom stereocenters. The van der Waals surface area contributed by atoms with E-state index in [1.54, 1.807) is 0 Å². The number of allylic oxidation sites excluding steroid dienone is 2. The van der Waals surface area contributed by atoms with Crippen molar-refractivity contribution in [3.63, 3.8) is 0 Å².